The number of nitrogens with two attached hydrogens (primary N) is 2. The van der Waals surface area contributed by atoms with E-state index in [9.17, 15) is 0 Å². The van der Waals surface area contributed by atoms with E-state index in [-0.39, 0.29) is 5.84 Å². The van der Waals surface area contributed by atoms with Gasteiger partial charge in [0, 0.05) is 24.9 Å². The number of fused-ring (bicyclic) bond motifs is 1. The first-order chi connectivity index (χ1) is 14.2. The fourth-order valence-corrected chi connectivity index (χ4v) is 4.49. The van der Waals surface area contributed by atoms with Crippen molar-refractivity contribution in [3.05, 3.63) is 42.2 Å². The zero-order valence-corrected chi connectivity index (χ0v) is 16.9. The normalized spacial score (nSPS) is 15.4. The third kappa shape index (κ3) is 4.75. The molecule has 4 rings (SSSR count). The van der Waals surface area contributed by atoms with Crippen LogP contribution in [0.2, 0.25) is 0 Å². The summed E-state index contributed by atoms with van der Waals surface area (Å²) in [7, 11) is 0. The molecule has 8 nitrogen and oxygen atoms in total. The summed E-state index contributed by atoms with van der Waals surface area (Å²) in [5.74, 6) is 13.1. The Hall–Kier alpha value is -2.91. The molecule has 0 bridgehead atoms. The summed E-state index contributed by atoms with van der Waals surface area (Å²) in [4.78, 5) is 8.88. The fourth-order valence-electron chi connectivity index (χ4n) is 3.58. The average Bonchev–Trinajstić information content (AvgIpc) is 3.16. The molecule has 9 heteroatoms. The minimum Gasteiger partial charge on any atom is -0.457 e. The van der Waals surface area contributed by atoms with Crippen LogP contribution in [0.25, 0.3) is 10.2 Å². The molecule has 0 saturated heterocycles. The van der Waals surface area contributed by atoms with Crippen molar-refractivity contribution in [2.24, 2.45) is 22.7 Å². The fraction of sp³-hybridized carbons (Fsp3) is 0.350. The number of pyridine rings is 1. The van der Waals surface area contributed by atoms with E-state index < -0.39 is 0 Å². The Labute approximate surface area is 173 Å². The van der Waals surface area contributed by atoms with Gasteiger partial charge in [-0.1, -0.05) is 30.6 Å². The van der Waals surface area contributed by atoms with Crippen LogP contribution in [0.3, 0.4) is 0 Å². The van der Waals surface area contributed by atoms with Crippen LogP contribution >= 0.6 is 11.3 Å². The average molecular weight is 412 g/mol. The molecule has 0 unspecified atom stereocenters. The van der Waals surface area contributed by atoms with Crippen LogP contribution in [0.1, 0.15) is 37.8 Å². The molecule has 0 aliphatic heterocycles. The number of hydrazone groups is 1. The van der Waals surface area contributed by atoms with Crippen molar-refractivity contribution >= 4 is 32.5 Å². The first-order valence-corrected chi connectivity index (χ1v) is 10.6. The van der Waals surface area contributed by atoms with E-state index in [4.69, 9.17) is 21.4 Å². The topological polar surface area (TPSA) is 123 Å². The van der Waals surface area contributed by atoms with E-state index in [0.29, 0.717) is 11.4 Å². The lowest BCUT2D eigenvalue weighted by Crippen LogP contribution is -2.32. The first kappa shape index (κ1) is 19.4. The van der Waals surface area contributed by atoms with Gasteiger partial charge in [-0.05, 0) is 37.0 Å². The Morgan fingerprint density at radius 1 is 1.17 bits per heavy atom. The van der Waals surface area contributed by atoms with Gasteiger partial charge in [-0.25, -0.2) is 10.8 Å². The number of aromatic nitrogens is 2. The van der Waals surface area contributed by atoms with E-state index in [1.54, 1.807) is 29.7 Å². The van der Waals surface area contributed by atoms with Crippen molar-refractivity contribution in [1.82, 2.24) is 15.4 Å². The smallest absolute Gasteiger partial charge is 0.185 e. The maximum absolute atomic E-state index is 5.98. The highest BCUT2D eigenvalue weighted by atomic mass is 32.1. The van der Waals surface area contributed by atoms with E-state index >= 15 is 0 Å². The molecule has 1 fully saturated rings. The third-order valence-electron chi connectivity index (χ3n) is 5.10. The number of hydrogen-bond donors (Lipinski definition) is 4. The quantitative estimate of drug-likeness (QED) is 0.212. The number of amidine groups is 1. The molecule has 1 saturated carbocycles. The van der Waals surface area contributed by atoms with E-state index in [1.807, 2.05) is 18.2 Å². The van der Waals surface area contributed by atoms with Gasteiger partial charge in [-0.15, -0.1) is 0 Å². The van der Waals surface area contributed by atoms with Crippen molar-refractivity contribution in [2.75, 3.05) is 11.9 Å². The Morgan fingerprint density at radius 3 is 2.79 bits per heavy atom. The van der Waals surface area contributed by atoms with Gasteiger partial charge in [-0.3, -0.25) is 4.98 Å². The molecule has 2 aromatic heterocycles. The minimum atomic E-state index is 0.280. The number of anilines is 1. The van der Waals surface area contributed by atoms with Crippen LogP contribution in [-0.4, -0.2) is 22.3 Å². The summed E-state index contributed by atoms with van der Waals surface area (Å²) in [6.07, 6.45) is 8.33. The van der Waals surface area contributed by atoms with Crippen LogP contribution in [0.5, 0.6) is 11.5 Å². The number of hydrogen-bond acceptors (Lipinski definition) is 8. The van der Waals surface area contributed by atoms with Crippen molar-refractivity contribution < 1.29 is 4.74 Å². The molecule has 29 heavy (non-hydrogen) atoms. The highest BCUT2D eigenvalue weighted by molar-refractivity contribution is 7.22. The Balaban J connectivity index is 1.45. The van der Waals surface area contributed by atoms with E-state index in [1.165, 1.54) is 32.1 Å². The number of hydrazine groups is 1. The summed E-state index contributed by atoms with van der Waals surface area (Å²) in [5.41, 5.74) is 3.88. The van der Waals surface area contributed by atoms with Gasteiger partial charge in [0.25, 0.3) is 0 Å². The lowest BCUT2D eigenvalue weighted by Gasteiger charge is -2.21. The van der Waals surface area contributed by atoms with Crippen molar-refractivity contribution in [3.8, 4) is 11.5 Å². The molecular formula is C20H25N7OS. The summed E-state index contributed by atoms with van der Waals surface area (Å²) >= 11 is 1.65. The van der Waals surface area contributed by atoms with Gasteiger partial charge in [0.15, 0.2) is 11.0 Å². The molecular weight excluding hydrogens is 386 g/mol. The second-order valence-corrected chi connectivity index (χ2v) is 8.17. The number of benzene rings is 1. The number of ether oxygens (including phenoxy) is 1. The Kier molecular flexibility index (Phi) is 6.06. The van der Waals surface area contributed by atoms with Crippen molar-refractivity contribution in [2.45, 2.75) is 32.1 Å². The SMILES string of the molecule is N/N=C(\NN)c1cc(Oc2ccc3nc(NCC4CCCCC4)sc3c2)ccn1. The zero-order chi connectivity index (χ0) is 20.1. The van der Waals surface area contributed by atoms with Crippen molar-refractivity contribution in [3.63, 3.8) is 0 Å². The summed E-state index contributed by atoms with van der Waals surface area (Å²) in [6.45, 7) is 1.00. The molecule has 0 amide bonds. The predicted octanol–water partition coefficient (Wildman–Crippen LogP) is 3.56. The van der Waals surface area contributed by atoms with Crippen LogP contribution in [0.4, 0.5) is 5.13 Å². The molecule has 0 radical (unpaired) electrons. The molecule has 6 N–H and O–H groups in total. The Morgan fingerprint density at radius 2 is 2.00 bits per heavy atom. The van der Waals surface area contributed by atoms with Gasteiger partial charge in [0.2, 0.25) is 0 Å². The monoisotopic (exact) mass is 411 g/mol. The zero-order valence-electron chi connectivity index (χ0n) is 16.1. The van der Waals surface area contributed by atoms with Gasteiger partial charge in [0.1, 0.15) is 17.2 Å². The van der Waals surface area contributed by atoms with E-state index in [2.05, 4.69) is 20.8 Å². The van der Waals surface area contributed by atoms with Gasteiger partial charge >= 0.3 is 0 Å². The standard InChI is InChI=1S/C20H25N7OS/c21-26-19(27-22)17-10-15(8-9-23-17)28-14-6-7-16-18(11-14)29-20(25-16)24-12-13-4-2-1-3-5-13/h6-11,13H,1-5,12,21-22H2,(H,24,25)(H,26,27). The molecule has 3 aromatic rings. The van der Waals surface area contributed by atoms with Crippen LogP contribution in [0, 0.1) is 5.92 Å². The van der Waals surface area contributed by atoms with Crippen LogP contribution in [0.15, 0.2) is 41.6 Å². The summed E-state index contributed by atoms with van der Waals surface area (Å²) < 4.78 is 7.06. The summed E-state index contributed by atoms with van der Waals surface area (Å²) in [5, 5.41) is 8.05. The Bertz CT molecular complexity index is 997. The minimum absolute atomic E-state index is 0.280. The largest absolute Gasteiger partial charge is 0.457 e. The lowest BCUT2D eigenvalue weighted by molar-refractivity contribution is 0.373. The van der Waals surface area contributed by atoms with E-state index in [0.717, 1.165) is 33.6 Å². The number of thiazole rings is 1. The first-order valence-electron chi connectivity index (χ1n) is 9.78. The van der Waals surface area contributed by atoms with Gasteiger partial charge in [-0.2, -0.15) is 5.10 Å². The lowest BCUT2D eigenvalue weighted by atomic mass is 9.89. The highest BCUT2D eigenvalue weighted by Gasteiger charge is 2.14. The molecule has 1 aliphatic carbocycles. The maximum Gasteiger partial charge on any atom is 0.185 e. The highest BCUT2D eigenvalue weighted by Crippen LogP contribution is 2.32. The number of nitrogens with one attached hydrogen (secondary N) is 2. The third-order valence-corrected chi connectivity index (χ3v) is 6.08. The maximum atomic E-state index is 5.98. The number of nitrogens with zero attached hydrogens (tertiary/aromatic N) is 3. The molecule has 0 atom stereocenters. The van der Waals surface area contributed by atoms with Gasteiger partial charge < -0.3 is 21.3 Å². The second kappa shape index (κ2) is 9.06. The predicted molar refractivity (Wildman–Crippen MR) is 117 cm³/mol. The molecule has 1 aliphatic rings. The summed E-state index contributed by atoms with van der Waals surface area (Å²) in [6, 6.07) is 9.37. The van der Waals surface area contributed by atoms with Crippen LogP contribution < -0.4 is 27.2 Å². The molecule has 0 spiro atoms. The number of rotatable bonds is 6. The van der Waals surface area contributed by atoms with Crippen LogP contribution in [-0.2, 0) is 0 Å². The van der Waals surface area contributed by atoms with Crippen molar-refractivity contribution in [1.29, 1.82) is 0 Å². The molecule has 1 aromatic carbocycles. The molecule has 152 valence electrons. The molecule has 2 heterocycles. The van der Waals surface area contributed by atoms with Gasteiger partial charge in [0.05, 0.1) is 10.2 Å². The second-order valence-electron chi connectivity index (χ2n) is 7.13.